The van der Waals surface area contributed by atoms with Gasteiger partial charge in [-0.2, -0.15) is 13.2 Å². The van der Waals surface area contributed by atoms with Crippen molar-refractivity contribution in [1.82, 2.24) is 14.9 Å². The van der Waals surface area contributed by atoms with Crippen LogP contribution >= 0.6 is 11.8 Å². The molecule has 26 heavy (non-hydrogen) atoms. The van der Waals surface area contributed by atoms with Gasteiger partial charge in [-0.05, 0) is 18.2 Å². The first-order chi connectivity index (χ1) is 12.3. The molecule has 0 aliphatic heterocycles. The predicted molar refractivity (Wildman–Crippen MR) is 90.4 cm³/mol. The van der Waals surface area contributed by atoms with Gasteiger partial charge in [0.05, 0.1) is 24.1 Å². The van der Waals surface area contributed by atoms with Crippen LogP contribution in [0.2, 0.25) is 0 Å². The van der Waals surface area contributed by atoms with Crippen LogP contribution in [0.25, 0.3) is 10.9 Å². The first-order valence-electron chi connectivity index (χ1n) is 7.57. The molecular formula is C17H14F3N3O2S. The number of alkyl halides is 3. The molecule has 136 valence electrons. The Kier molecular flexibility index (Phi) is 5.17. The van der Waals surface area contributed by atoms with E-state index >= 15 is 0 Å². The van der Waals surface area contributed by atoms with Crippen LogP contribution in [0.5, 0.6) is 0 Å². The SMILES string of the molecule is CN(Cc1ccco1)C(=O)CSc1nc(C(F)(F)F)nc2ccccc12. The van der Waals surface area contributed by atoms with Crippen molar-refractivity contribution >= 4 is 28.6 Å². The number of thioether (sulfide) groups is 1. The average molecular weight is 381 g/mol. The third kappa shape index (κ3) is 4.16. The second-order valence-corrected chi connectivity index (χ2v) is 6.45. The molecule has 0 saturated heterocycles. The lowest BCUT2D eigenvalue weighted by atomic mass is 10.2. The molecule has 2 aromatic heterocycles. The van der Waals surface area contributed by atoms with Gasteiger partial charge in [-0.3, -0.25) is 4.79 Å². The van der Waals surface area contributed by atoms with Gasteiger partial charge < -0.3 is 9.32 Å². The number of rotatable bonds is 5. The van der Waals surface area contributed by atoms with Crippen LogP contribution in [-0.4, -0.2) is 33.6 Å². The van der Waals surface area contributed by atoms with Crippen LogP contribution < -0.4 is 0 Å². The fourth-order valence-corrected chi connectivity index (χ4v) is 3.21. The summed E-state index contributed by atoms with van der Waals surface area (Å²) in [5.41, 5.74) is 0.189. The van der Waals surface area contributed by atoms with E-state index in [4.69, 9.17) is 4.42 Å². The molecule has 0 fully saturated rings. The Morgan fingerprint density at radius 1 is 1.19 bits per heavy atom. The molecule has 0 aliphatic carbocycles. The molecule has 5 nitrogen and oxygen atoms in total. The molecule has 0 unspecified atom stereocenters. The van der Waals surface area contributed by atoms with Gasteiger partial charge in [0.2, 0.25) is 11.7 Å². The smallest absolute Gasteiger partial charge is 0.451 e. The van der Waals surface area contributed by atoms with Crippen molar-refractivity contribution in [3.8, 4) is 0 Å². The van der Waals surface area contributed by atoms with Crippen LogP contribution in [0.15, 0.2) is 52.1 Å². The molecule has 3 aromatic rings. The van der Waals surface area contributed by atoms with Gasteiger partial charge in [0, 0.05) is 12.4 Å². The number of nitrogens with zero attached hydrogens (tertiary/aromatic N) is 3. The number of aromatic nitrogens is 2. The number of fused-ring (bicyclic) bond motifs is 1. The molecule has 0 radical (unpaired) electrons. The fourth-order valence-electron chi connectivity index (χ4n) is 2.25. The summed E-state index contributed by atoms with van der Waals surface area (Å²) in [6.45, 7) is 0.282. The highest BCUT2D eigenvalue weighted by Crippen LogP contribution is 2.32. The zero-order chi connectivity index (χ0) is 18.7. The second-order valence-electron chi connectivity index (χ2n) is 5.49. The second kappa shape index (κ2) is 7.36. The number of amides is 1. The molecule has 1 aromatic carbocycles. The van der Waals surface area contributed by atoms with E-state index in [0.29, 0.717) is 11.1 Å². The van der Waals surface area contributed by atoms with Gasteiger partial charge in [0.15, 0.2) is 0 Å². The summed E-state index contributed by atoms with van der Waals surface area (Å²) in [5.74, 6) is -0.884. The number of carbonyl (C=O) groups excluding carboxylic acids is 1. The molecule has 0 spiro atoms. The Bertz CT molecular complexity index is 913. The Morgan fingerprint density at radius 3 is 2.65 bits per heavy atom. The largest absolute Gasteiger partial charge is 0.467 e. The van der Waals surface area contributed by atoms with E-state index in [0.717, 1.165) is 11.8 Å². The van der Waals surface area contributed by atoms with Gasteiger partial charge >= 0.3 is 6.18 Å². The van der Waals surface area contributed by atoms with Crippen molar-refractivity contribution in [2.75, 3.05) is 12.8 Å². The summed E-state index contributed by atoms with van der Waals surface area (Å²) in [4.78, 5) is 20.9. The number of furan rings is 1. The van der Waals surface area contributed by atoms with Crippen molar-refractivity contribution in [1.29, 1.82) is 0 Å². The summed E-state index contributed by atoms with van der Waals surface area (Å²) in [6.07, 6.45) is -3.15. The van der Waals surface area contributed by atoms with Gasteiger partial charge in [0.1, 0.15) is 10.8 Å². The minimum atomic E-state index is -4.65. The molecular weight excluding hydrogens is 367 g/mol. The van der Waals surface area contributed by atoms with Crippen molar-refractivity contribution in [3.63, 3.8) is 0 Å². The van der Waals surface area contributed by atoms with Crippen LogP contribution in [0.1, 0.15) is 11.6 Å². The quantitative estimate of drug-likeness (QED) is 0.494. The molecule has 0 saturated carbocycles. The van der Waals surface area contributed by atoms with E-state index in [1.807, 2.05) is 0 Å². The Balaban J connectivity index is 1.78. The normalized spacial score (nSPS) is 11.7. The van der Waals surface area contributed by atoms with E-state index in [1.54, 1.807) is 37.4 Å². The number of benzene rings is 1. The predicted octanol–water partition coefficient (Wildman–Crippen LogP) is 3.99. The first kappa shape index (κ1) is 18.2. The lowest BCUT2D eigenvalue weighted by Crippen LogP contribution is -2.27. The van der Waals surface area contributed by atoms with Crippen molar-refractivity contribution < 1.29 is 22.4 Å². The number of hydrogen-bond donors (Lipinski definition) is 0. The van der Waals surface area contributed by atoms with Crippen molar-refractivity contribution in [2.24, 2.45) is 0 Å². The molecule has 1 amide bonds. The summed E-state index contributed by atoms with van der Waals surface area (Å²) in [7, 11) is 1.60. The van der Waals surface area contributed by atoms with Crippen LogP contribution in [0, 0.1) is 0 Å². The summed E-state index contributed by atoms with van der Waals surface area (Å²) in [5, 5.41) is 0.606. The van der Waals surface area contributed by atoms with E-state index in [1.165, 1.54) is 17.2 Å². The average Bonchev–Trinajstić information content (AvgIpc) is 3.11. The maximum atomic E-state index is 13.0. The zero-order valence-electron chi connectivity index (χ0n) is 13.7. The Labute approximate surface area is 151 Å². The fraction of sp³-hybridized carbons (Fsp3) is 0.235. The number of hydrogen-bond acceptors (Lipinski definition) is 5. The van der Waals surface area contributed by atoms with Crippen LogP contribution in [-0.2, 0) is 17.5 Å². The van der Waals surface area contributed by atoms with E-state index < -0.39 is 12.0 Å². The van der Waals surface area contributed by atoms with Gasteiger partial charge in [0.25, 0.3) is 0 Å². The zero-order valence-corrected chi connectivity index (χ0v) is 14.5. The third-order valence-electron chi connectivity index (χ3n) is 3.55. The molecule has 0 N–H and O–H groups in total. The Hall–Kier alpha value is -2.55. The molecule has 2 heterocycles. The van der Waals surface area contributed by atoms with Gasteiger partial charge in [-0.1, -0.05) is 30.0 Å². The summed E-state index contributed by atoms with van der Waals surface area (Å²) >= 11 is 0.956. The maximum absolute atomic E-state index is 13.0. The third-order valence-corrected chi connectivity index (χ3v) is 4.53. The van der Waals surface area contributed by atoms with Gasteiger partial charge in [-0.15, -0.1) is 0 Å². The lowest BCUT2D eigenvalue weighted by molar-refractivity contribution is -0.145. The number of halogens is 3. The lowest BCUT2D eigenvalue weighted by Gasteiger charge is -2.16. The highest BCUT2D eigenvalue weighted by molar-refractivity contribution is 8.00. The molecule has 9 heteroatoms. The minimum Gasteiger partial charge on any atom is -0.467 e. The van der Waals surface area contributed by atoms with Gasteiger partial charge in [-0.25, -0.2) is 9.97 Å². The molecule has 0 atom stereocenters. The number of carbonyl (C=O) groups is 1. The summed E-state index contributed by atoms with van der Waals surface area (Å²) in [6, 6.07) is 9.87. The van der Waals surface area contributed by atoms with Crippen molar-refractivity contribution in [3.05, 3.63) is 54.2 Å². The van der Waals surface area contributed by atoms with E-state index in [2.05, 4.69) is 9.97 Å². The van der Waals surface area contributed by atoms with Crippen LogP contribution in [0.3, 0.4) is 0 Å². The summed E-state index contributed by atoms with van der Waals surface area (Å²) < 4.78 is 44.2. The van der Waals surface area contributed by atoms with Crippen molar-refractivity contribution in [2.45, 2.75) is 17.7 Å². The standard InChI is InChI=1S/C17H14F3N3O2S/c1-23(9-11-5-4-8-25-11)14(24)10-26-15-12-6-2-3-7-13(12)21-16(22-15)17(18,19)20/h2-8H,9-10H2,1H3. The highest BCUT2D eigenvalue weighted by Gasteiger charge is 2.35. The minimum absolute atomic E-state index is 0.0461. The highest BCUT2D eigenvalue weighted by atomic mass is 32.2. The molecule has 0 aliphatic rings. The monoisotopic (exact) mass is 381 g/mol. The number of para-hydroxylation sites is 1. The molecule has 3 rings (SSSR count). The van der Waals surface area contributed by atoms with Crippen LogP contribution in [0.4, 0.5) is 13.2 Å². The van der Waals surface area contributed by atoms with E-state index in [9.17, 15) is 18.0 Å². The maximum Gasteiger partial charge on any atom is 0.451 e. The first-order valence-corrected chi connectivity index (χ1v) is 8.56. The topological polar surface area (TPSA) is 59.2 Å². The molecule has 0 bridgehead atoms. The Morgan fingerprint density at radius 2 is 1.96 bits per heavy atom. The van der Waals surface area contributed by atoms with E-state index in [-0.39, 0.29) is 28.7 Å².